The van der Waals surface area contributed by atoms with Gasteiger partial charge in [-0.1, -0.05) is 57.4 Å². The van der Waals surface area contributed by atoms with E-state index in [1.54, 1.807) is 7.11 Å². The van der Waals surface area contributed by atoms with Gasteiger partial charge in [-0.15, -0.1) is 0 Å². The van der Waals surface area contributed by atoms with Gasteiger partial charge in [-0.3, -0.25) is 0 Å². The van der Waals surface area contributed by atoms with Gasteiger partial charge in [0, 0.05) is 11.1 Å². The molecule has 1 rings (SSSR count). The summed E-state index contributed by atoms with van der Waals surface area (Å²) in [6.45, 7) is 12.0. The number of nitrogens with zero attached hydrogens (tertiary/aromatic N) is 1. The molecule has 168 valence electrons. The Morgan fingerprint density at radius 1 is 1.34 bits per heavy atom. The largest absolute Gasteiger partial charge is 0.499 e. The average molecular weight is 426 g/mol. The minimum absolute atomic E-state index is 0.207. The summed E-state index contributed by atoms with van der Waals surface area (Å²) in [5.41, 5.74) is 1.35. The standard InChI is InChI=1S/C25H44ClNO2/c1-8-20-16-23(13-11-19(5)10-12-22(26)9-2)27(6)15-14-21(18(3)4)17-24(29-7)25(20)28/h10,12,17-18,20-21,23,25,28H,8-9,11,13-16H2,1-7H3. The fourth-order valence-electron chi connectivity index (χ4n) is 4.09. The third-order valence-corrected chi connectivity index (χ3v) is 6.90. The van der Waals surface area contributed by atoms with Gasteiger partial charge in [0.05, 0.1) is 7.11 Å². The molecule has 0 aromatic rings. The molecule has 0 radical (unpaired) electrons. The predicted molar refractivity (Wildman–Crippen MR) is 126 cm³/mol. The van der Waals surface area contributed by atoms with E-state index in [1.165, 1.54) is 5.57 Å². The number of methoxy groups -OCH3 is 1. The summed E-state index contributed by atoms with van der Waals surface area (Å²) in [5, 5.41) is 12.0. The lowest BCUT2D eigenvalue weighted by Gasteiger charge is -2.36. The first kappa shape index (κ1) is 26.3. The molecule has 0 saturated heterocycles. The van der Waals surface area contributed by atoms with E-state index in [0.717, 1.165) is 55.9 Å². The Balaban J connectivity index is 3.00. The second-order valence-corrected chi connectivity index (χ2v) is 9.46. The third kappa shape index (κ3) is 8.86. The highest BCUT2D eigenvalue weighted by Crippen LogP contribution is 2.30. The first-order chi connectivity index (χ1) is 13.7. The molecule has 0 bridgehead atoms. The number of halogens is 1. The minimum Gasteiger partial charge on any atom is -0.499 e. The van der Waals surface area contributed by atoms with Gasteiger partial charge in [0.2, 0.25) is 0 Å². The maximum absolute atomic E-state index is 11.1. The van der Waals surface area contributed by atoms with Crippen LogP contribution in [0.2, 0.25) is 0 Å². The van der Waals surface area contributed by atoms with Crippen LogP contribution in [0.15, 0.2) is 34.6 Å². The van der Waals surface area contributed by atoms with Crippen LogP contribution in [0.1, 0.15) is 73.1 Å². The highest BCUT2D eigenvalue weighted by molar-refractivity contribution is 6.29. The molecule has 29 heavy (non-hydrogen) atoms. The van der Waals surface area contributed by atoms with Gasteiger partial charge in [-0.25, -0.2) is 0 Å². The second-order valence-electron chi connectivity index (χ2n) is 8.97. The summed E-state index contributed by atoms with van der Waals surface area (Å²) in [5.74, 6) is 1.91. The van der Waals surface area contributed by atoms with E-state index < -0.39 is 6.10 Å². The van der Waals surface area contributed by atoms with Crippen molar-refractivity contribution in [1.29, 1.82) is 0 Å². The van der Waals surface area contributed by atoms with Crippen LogP contribution in [-0.4, -0.2) is 42.9 Å². The van der Waals surface area contributed by atoms with E-state index in [-0.39, 0.29) is 5.92 Å². The van der Waals surface area contributed by atoms with E-state index in [0.29, 0.717) is 17.9 Å². The number of hydrogen-bond acceptors (Lipinski definition) is 3. The predicted octanol–water partition coefficient (Wildman–Crippen LogP) is 6.53. The Morgan fingerprint density at radius 3 is 2.59 bits per heavy atom. The Labute approximate surface area is 184 Å². The lowest BCUT2D eigenvalue weighted by Crippen LogP contribution is -2.39. The summed E-state index contributed by atoms with van der Waals surface area (Å²) in [4.78, 5) is 2.51. The van der Waals surface area contributed by atoms with E-state index in [2.05, 4.69) is 58.7 Å². The van der Waals surface area contributed by atoms with Crippen molar-refractivity contribution in [2.24, 2.45) is 17.8 Å². The molecule has 0 amide bonds. The molecule has 3 nitrogen and oxygen atoms in total. The quantitative estimate of drug-likeness (QED) is 0.448. The molecule has 1 aliphatic rings. The van der Waals surface area contributed by atoms with E-state index >= 15 is 0 Å². The molecule has 4 unspecified atom stereocenters. The normalized spacial score (nSPS) is 28.4. The third-order valence-electron chi connectivity index (χ3n) is 6.50. The summed E-state index contributed by atoms with van der Waals surface area (Å²) < 4.78 is 5.64. The zero-order valence-electron chi connectivity index (χ0n) is 19.7. The second kappa shape index (κ2) is 13.5. The molecule has 0 fully saturated rings. The summed E-state index contributed by atoms with van der Waals surface area (Å²) in [7, 11) is 3.94. The maximum Gasteiger partial charge on any atom is 0.121 e. The molecule has 0 aromatic heterocycles. The molecular formula is C25H44ClNO2. The summed E-state index contributed by atoms with van der Waals surface area (Å²) in [6, 6.07) is 0.451. The lowest BCUT2D eigenvalue weighted by molar-refractivity contribution is 0.0519. The van der Waals surface area contributed by atoms with Crippen molar-refractivity contribution < 1.29 is 9.84 Å². The molecule has 0 aromatic carbocycles. The number of aliphatic hydroxyl groups is 1. The fourth-order valence-corrected chi connectivity index (χ4v) is 4.15. The smallest absolute Gasteiger partial charge is 0.121 e. The molecular weight excluding hydrogens is 382 g/mol. The molecule has 4 atom stereocenters. The van der Waals surface area contributed by atoms with E-state index in [1.807, 2.05) is 6.08 Å². The fraction of sp³-hybridized carbons (Fsp3) is 0.760. The molecule has 0 spiro atoms. The first-order valence-corrected chi connectivity index (χ1v) is 11.8. The van der Waals surface area contributed by atoms with Crippen LogP contribution >= 0.6 is 11.6 Å². The van der Waals surface area contributed by atoms with E-state index in [9.17, 15) is 5.11 Å². The van der Waals surface area contributed by atoms with Crippen molar-refractivity contribution in [3.05, 3.63) is 34.6 Å². The maximum atomic E-state index is 11.1. The monoisotopic (exact) mass is 425 g/mol. The van der Waals surface area contributed by atoms with Crippen molar-refractivity contribution in [1.82, 2.24) is 4.90 Å². The SMILES string of the molecule is CCC(Cl)=CC=C(C)CCC1CC(CC)C(O)C(OC)=CC(C(C)C)CCN1C. The van der Waals surface area contributed by atoms with Gasteiger partial charge in [-0.05, 0) is 82.5 Å². The van der Waals surface area contributed by atoms with Crippen LogP contribution in [0.5, 0.6) is 0 Å². The Bertz CT molecular complexity index is 567. The van der Waals surface area contributed by atoms with Gasteiger partial charge in [-0.2, -0.15) is 0 Å². The Morgan fingerprint density at radius 2 is 2.03 bits per heavy atom. The average Bonchev–Trinajstić information content (AvgIpc) is 2.70. The molecule has 1 heterocycles. The van der Waals surface area contributed by atoms with Gasteiger partial charge in [0.15, 0.2) is 0 Å². The molecule has 0 aliphatic carbocycles. The van der Waals surface area contributed by atoms with Crippen molar-refractivity contribution in [2.45, 2.75) is 85.3 Å². The van der Waals surface area contributed by atoms with Crippen LogP contribution in [0.25, 0.3) is 0 Å². The van der Waals surface area contributed by atoms with Crippen LogP contribution in [0, 0.1) is 17.8 Å². The number of allylic oxidation sites excluding steroid dienone is 5. The molecule has 0 saturated carbocycles. The molecule has 1 aliphatic heterocycles. The summed E-state index contributed by atoms with van der Waals surface area (Å²) in [6.07, 6.45) is 11.9. The number of rotatable bonds is 8. The Kier molecular flexibility index (Phi) is 12.2. The lowest BCUT2D eigenvalue weighted by atomic mass is 9.84. The molecule has 4 heteroatoms. The van der Waals surface area contributed by atoms with Crippen molar-refractivity contribution in [2.75, 3.05) is 20.7 Å². The van der Waals surface area contributed by atoms with Crippen molar-refractivity contribution >= 4 is 11.6 Å². The first-order valence-electron chi connectivity index (χ1n) is 11.4. The minimum atomic E-state index is -0.525. The highest BCUT2D eigenvalue weighted by atomic mass is 35.5. The van der Waals surface area contributed by atoms with Crippen molar-refractivity contribution in [3.8, 4) is 0 Å². The summed E-state index contributed by atoms with van der Waals surface area (Å²) >= 11 is 6.14. The van der Waals surface area contributed by atoms with Gasteiger partial charge >= 0.3 is 0 Å². The van der Waals surface area contributed by atoms with Crippen LogP contribution in [-0.2, 0) is 4.74 Å². The number of hydrogen-bond donors (Lipinski definition) is 1. The van der Waals surface area contributed by atoms with Crippen LogP contribution in [0.3, 0.4) is 0 Å². The van der Waals surface area contributed by atoms with E-state index in [4.69, 9.17) is 16.3 Å². The zero-order chi connectivity index (χ0) is 22.0. The Hall–Kier alpha value is -0.770. The van der Waals surface area contributed by atoms with Gasteiger partial charge in [0.1, 0.15) is 11.9 Å². The van der Waals surface area contributed by atoms with Crippen molar-refractivity contribution in [3.63, 3.8) is 0 Å². The highest BCUT2D eigenvalue weighted by Gasteiger charge is 2.30. The molecule has 1 N–H and O–H groups in total. The zero-order valence-corrected chi connectivity index (χ0v) is 20.5. The van der Waals surface area contributed by atoms with Crippen LogP contribution < -0.4 is 0 Å². The van der Waals surface area contributed by atoms with Gasteiger partial charge in [0.25, 0.3) is 0 Å². The van der Waals surface area contributed by atoms with Crippen LogP contribution in [0.4, 0.5) is 0 Å². The number of ether oxygens (including phenoxy) is 1. The number of aliphatic hydroxyl groups excluding tert-OH is 1. The van der Waals surface area contributed by atoms with Gasteiger partial charge < -0.3 is 14.7 Å². The topological polar surface area (TPSA) is 32.7 Å².